The largest absolute Gasteiger partial charge is 0.380 e. The molecule has 0 aromatic heterocycles. The van der Waals surface area contributed by atoms with E-state index in [0.717, 1.165) is 38.3 Å². The van der Waals surface area contributed by atoms with Crippen molar-refractivity contribution in [2.45, 2.75) is 58.9 Å². The fraction of sp³-hybridized carbons (Fsp3) is 1.00. The van der Waals surface area contributed by atoms with Crippen LogP contribution in [0.4, 0.5) is 0 Å². The summed E-state index contributed by atoms with van der Waals surface area (Å²) < 4.78 is 5.59. The van der Waals surface area contributed by atoms with E-state index in [4.69, 9.17) is 4.74 Å². The number of ether oxygens (including phenoxy) is 1. The van der Waals surface area contributed by atoms with Crippen LogP contribution >= 0.6 is 0 Å². The second kappa shape index (κ2) is 10.6. The maximum atomic E-state index is 5.59. The molecule has 1 saturated heterocycles. The molecule has 3 nitrogen and oxygen atoms in total. The standard InChI is InChI=1S/C16H34N2O/c1-15(2)8-13-19-14-10-17-9-6-12-18-11-5-4-7-16(18)3/h15-17H,4-14H2,1-3H3. The monoisotopic (exact) mass is 270 g/mol. The number of likely N-dealkylation sites (tertiary alicyclic amines) is 1. The zero-order valence-corrected chi connectivity index (χ0v) is 13.3. The van der Waals surface area contributed by atoms with E-state index in [9.17, 15) is 0 Å². The summed E-state index contributed by atoms with van der Waals surface area (Å²) in [4.78, 5) is 2.64. The predicted octanol–water partition coefficient (Wildman–Crippen LogP) is 2.90. The topological polar surface area (TPSA) is 24.5 Å². The maximum absolute atomic E-state index is 5.59. The summed E-state index contributed by atoms with van der Waals surface area (Å²) in [5, 5.41) is 3.48. The molecule has 1 aliphatic rings. The van der Waals surface area contributed by atoms with Crippen LogP contribution in [0.5, 0.6) is 0 Å². The Labute approximate surface area is 120 Å². The van der Waals surface area contributed by atoms with Gasteiger partial charge in [0.15, 0.2) is 0 Å². The molecule has 0 bridgehead atoms. The second-order valence-electron chi connectivity index (χ2n) is 6.28. The highest BCUT2D eigenvalue weighted by atomic mass is 16.5. The SMILES string of the molecule is CC(C)CCOCCNCCCN1CCCCC1C. The normalized spacial score (nSPS) is 21.2. The van der Waals surface area contributed by atoms with E-state index in [-0.39, 0.29) is 0 Å². The Morgan fingerprint density at radius 1 is 1.21 bits per heavy atom. The van der Waals surface area contributed by atoms with Crippen molar-refractivity contribution >= 4 is 0 Å². The van der Waals surface area contributed by atoms with Crippen molar-refractivity contribution in [1.29, 1.82) is 0 Å². The first kappa shape index (κ1) is 16.9. The summed E-state index contributed by atoms with van der Waals surface area (Å²) in [7, 11) is 0. The van der Waals surface area contributed by atoms with E-state index in [0.29, 0.717) is 0 Å². The Morgan fingerprint density at radius 3 is 2.79 bits per heavy atom. The van der Waals surface area contributed by atoms with Crippen LogP contribution in [0.25, 0.3) is 0 Å². The molecule has 1 aliphatic heterocycles. The first-order chi connectivity index (χ1) is 9.20. The molecule has 0 radical (unpaired) electrons. The zero-order chi connectivity index (χ0) is 13.9. The molecule has 0 spiro atoms. The Hall–Kier alpha value is -0.120. The third kappa shape index (κ3) is 8.61. The van der Waals surface area contributed by atoms with Gasteiger partial charge in [-0.3, -0.25) is 0 Å². The smallest absolute Gasteiger partial charge is 0.0590 e. The number of nitrogens with one attached hydrogen (secondary N) is 1. The van der Waals surface area contributed by atoms with Gasteiger partial charge in [-0.25, -0.2) is 0 Å². The van der Waals surface area contributed by atoms with E-state index in [1.54, 1.807) is 0 Å². The molecular formula is C16H34N2O. The van der Waals surface area contributed by atoms with Gasteiger partial charge in [0.1, 0.15) is 0 Å². The van der Waals surface area contributed by atoms with E-state index >= 15 is 0 Å². The van der Waals surface area contributed by atoms with Crippen molar-refractivity contribution in [2.24, 2.45) is 5.92 Å². The van der Waals surface area contributed by atoms with Crippen molar-refractivity contribution in [3.05, 3.63) is 0 Å². The lowest BCUT2D eigenvalue weighted by Gasteiger charge is -2.33. The Balaban J connectivity index is 1.83. The van der Waals surface area contributed by atoms with E-state index in [1.165, 1.54) is 45.2 Å². The Kier molecular flexibility index (Phi) is 9.48. The number of hydrogen-bond donors (Lipinski definition) is 1. The Morgan fingerprint density at radius 2 is 2.05 bits per heavy atom. The lowest BCUT2D eigenvalue weighted by atomic mass is 10.0. The highest BCUT2D eigenvalue weighted by Crippen LogP contribution is 2.15. The zero-order valence-electron chi connectivity index (χ0n) is 13.3. The lowest BCUT2D eigenvalue weighted by molar-refractivity contribution is 0.124. The minimum atomic E-state index is 0.750. The molecule has 0 aliphatic carbocycles. The molecule has 1 atom stereocenters. The first-order valence-corrected chi connectivity index (χ1v) is 8.22. The lowest BCUT2D eigenvalue weighted by Crippen LogP contribution is -2.39. The molecule has 1 unspecified atom stereocenters. The van der Waals surface area contributed by atoms with Crippen LogP contribution in [0.15, 0.2) is 0 Å². The van der Waals surface area contributed by atoms with Gasteiger partial charge in [0.2, 0.25) is 0 Å². The summed E-state index contributed by atoms with van der Waals surface area (Å²) >= 11 is 0. The third-order valence-corrected chi connectivity index (χ3v) is 4.00. The second-order valence-corrected chi connectivity index (χ2v) is 6.28. The molecule has 0 aromatic rings. The van der Waals surface area contributed by atoms with Crippen LogP contribution in [0.3, 0.4) is 0 Å². The van der Waals surface area contributed by atoms with Crippen LogP contribution in [0.1, 0.15) is 52.9 Å². The average molecular weight is 270 g/mol. The molecule has 1 rings (SSSR count). The molecule has 0 aromatic carbocycles. The van der Waals surface area contributed by atoms with Gasteiger partial charge >= 0.3 is 0 Å². The van der Waals surface area contributed by atoms with Gasteiger partial charge in [-0.15, -0.1) is 0 Å². The van der Waals surface area contributed by atoms with Crippen molar-refractivity contribution in [1.82, 2.24) is 10.2 Å². The van der Waals surface area contributed by atoms with Crippen molar-refractivity contribution < 1.29 is 4.74 Å². The van der Waals surface area contributed by atoms with Gasteiger partial charge in [0, 0.05) is 19.2 Å². The van der Waals surface area contributed by atoms with Crippen LogP contribution in [0.2, 0.25) is 0 Å². The molecular weight excluding hydrogens is 236 g/mol. The molecule has 1 fully saturated rings. The maximum Gasteiger partial charge on any atom is 0.0590 e. The van der Waals surface area contributed by atoms with Crippen LogP contribution in [-0.4, -0.2) is 50.3 Å². The minimum absolute atomic E-state index is 0.750. The molecule has 3 heteroatoms. The summed E-state index contributed by atoms with van der Waals surface area (Å²) in [5.41, 5.74) is 0. The summed E-state index contributed by atoms with van der Waals surface area (Å²) in [5.74, 6) is 0.750. The van der Waals surface area contributed by atoms with Crippen molar-refractivity contribution in [3.8, 4) is 0 Å². The van der Waals surface area contributed by atoms with Crippen molar-refractivity contribution in [3.63, 3.8) is 0 Å². The molecule has 1 heterocycles. The van der Waals surface area contributed by atoms with Crippen LogP contribution in [0, 0.1) is 5.92 Å². The van der Waals surface area contributed by atoms with E-state index in [1.807, 2.05) is 0 Å². The minimum Gasteiger partial charge on any atom is -0.380 e. The number of hydrogen-bond acceptors (Lipinski definition) is 3. The predicted molar refractivity (Wildman–Crippen MR) is 82.6 cm³/mol. The summed E-state index contributed by atoms with van der Waals surface area (Å²) in [6.45, 7) is 13.3. The first-order valence-electron chi connectivity index (χ1n) is 8.22. The van der Waals surface area contributed by atoms with Crippen LogP contribution < -0.4 is 5.32 Å². The highest BCUT2D eigenvalue weighted by Gasteiger charge is 2.16. The highest BCUT2D eigenvalue weighted by molar-refractivity contribution is 4.72. The third-order valence-electron chi connectivity index (χ3n) is 4.00. The fourth-order valence-corrected chi connectivity index (χ4v) is 2.59. The van der Waals surface area contributed by atoms with Gasteiger partial charge in [-0.2, -0.15) is 0 Å². The van der Waals surface area contributed by atoms with E-state index in [2.05, 4.69) is 31.0 Å². The molecule has 0 amide bonds. The Bertz CT molecular complexity index is 209. The van der Waals surface area contributed by atoms with Gasteiger partial charge in [-0.05, 0) is 58.2 Å². The number of piperidine rings is 1. The molecule has 0 saturated carbocycles. The fourth-order valence-electron chi connectivity index (χ4n) is 2.59. The molecule has 1 N–H and O–H groups in total. The van der Waals surface area contributed by atoms with Gasteiger partial charge in [-0.1, -0.05) is 20.3 Å². The molecule has 114 valence electrons. The summed E-state index contributed by atoms with van der Waals surface area (Å²) in [6.07, 6.45) is 6.63. The van der Waals surface area contributed by atoms with Crippen LogP contribution in [-0.2, 0) is 4.74 Å². The van der Waals surface area contributed by atoms with Gasteiger partial charge < -0.3 is 15.0 Å². The average Bonchev–Trinajstić information content (AvgIpc) is 2.38. The van der Waals surface area contributed by atoms with Crippen molar-refractivity contribution in [2.75, 3.05) is 39.4 Å². The van der Waals surface area contributed by atoms with Gasteiger partial charge in [0.05, 0.1) is 6.61 Å². The quantitative estimate of drug-likeness (QED) is 0.618. The number of nitrogens with zero attached hydrogens (tertiary/aromatic N) is 1. The summed E-state index contributed by atoms with van der Waals surface area (Å²) in [6, 6.07) is 0.799. The number of rotatable bonds is 10. The van der Waals surface area contributed by atoms with E-state index < -0.39 is 0 Å². The van der Waals surface area contributed by atoms with Gasteiger partial charge in [0.25, 0.3) is 0 Å². The molecule has 19 heavy (non-hydrogen) atoms.